The number of likely N-dealkylation sites (N-methyl/N-ethyl adjacent to an activating group) is 1. The molecular weight excluding hydrogens is 326 g/mol. The van der Waals surface area contributed by atoms with Gasteiger partial charge < -0.3 is 14.5 Å². The molecule has 5 nitrogen and oxygen atoms in total. The van der Waals surface area contributed by atoms with E-state index in [0.29, 0.717) is 24.3 Å². The summed E-state index contributed by atoms with van der Waals surface area (Å²) in [5.41, 5.74) is 3.93. The number of hydrogen-bond acceptors (Lipinski definition) is 4. The van der Waals surface area contributed by atoms with E-state index in [-0.39, 0.29) is 5.56 Å². The normalized spacial score (nSPS) is 23.6. The number of ether oxygens (including phenoxy) is 1. The average molecular weight is 353 g/mol. The van der Waals surface area contributed by atoms with E-state index in [2.05, 4.69) is 42.2 Å². The molecule has 1 fully saturated rings. The summed E-state index contributed by atoms with van der Waals surface area (Å²) in [5.74, 6) is 1.28. The first-order chi connectivity index (χ1) is 12.6. The number of allylic oxidation sites excluding steroid dienone is 3. The predicted octanol–water partition coefficient (Wildman–Crippen LogP) is 2.57. The van der Waals surface area contributed by atoms with Crippen LogP contribution in [-0.2, 0) is 0 Å². The molecule has 138 valence electrons. The highest BCUT2D eigenvalue weighted by Gasteiger charge is 2.36. The molecule has 0 radical (unpaired) electrons. The van der Waals surface area contributed by atoms with Crippen molar-refractivity contribution in [3.63, 3.8) is 0 Å². The summed E-state index contributed by atoms with van der Waals surface area (Å²) in [6, 6.07) is 3.86. The summed E-state index contributed by atoms with van der Waals surface area (Å²) in [6.07, 6.45) is 10.4. The van der Waals surface area contributed by atoms with Gasteiger partial charge in [-0.3, -0.25) is 9.36 Å². The number of rotatable bonds is 4. The van der Waals surface area contributed by atoms with E-state index in [0.717, 1.165) is 31.6 Å². The number of fused-ring (bicyclic) bond motifs is 1. The minimum Gasteiger partial charge on any atom is -0.494 e. The Kier molecular flexibility index (Phi) is 4.49. The molecule has 2 aliphatic heterocycles. The maximum Gasteiger partial charge on any atom is 0.258 e. The number of pyridine rings is 1. The highest BCUT2D eigenvalue weighted by Crippen LogP contribution is 2.39. The van der Waals surface area contributed by atoms with E-state index in [1.54, 1.807) is 10.6 Å². The monoisotopic (exact) mass is 353 g/mol. The SMILES string of the molecule is CCOc1ccn(C2=CC=C3C(C4CN(C)C4)=CN(C)C3CC2)c(=O)c1. The molecule has 0 spiro atoms. The Morgan fingerprint density at radius 3 is 2.69 bits per heavy atom. The van der Waals surface area contributed by atoms with Crippen molar-refractivity contribution in [2.75, 3.05) is 33.8 Å². The minimum atomic E-state index is -0.0302. The van der Waals surface area contributed by atoms with E-state index >= 15 is 0 Å². The smallest absolute Gasteiger partial charge is 0.258 e. The van der Waals surface area contributed by atoms with Crippen LogP contribution in [0.25, 0.3) is 5.70 Å². The third kappa shape index (κ3) is 3.01. The van der Waals surface area contributed by atoms with Crippen molar-refractivity contribution in [2.45, 2.75) is 25.8 Å². The Balaban J connectivity index is 1.61. The highest BCUT2D eigenvalue weighted by molar-refractivity contribution is 5.55. The highest BCUT2D eigenvalue weighted by atomic mass is 16.5. The molecule has 0 N–H and O–H groups in total. The van der Waals surface area contributed by atoms with Crippen LogP contribution >= 0.6 is 0 Å². The Bertz CT molecular complexity index is 843. The lowest BCUT2D eigenvalue weighted by molar-refractivity contribution is 0.163. The van der Waals surface area contributed by atoms with Gasteiger partial charge in [0.15, 0.2) is 0 Å². The van der Waals surface area contributed by atoms with Crippen molar-refractivity contribution >= 4 is 5.70 Å². The van der Waals surface area contributed by atoms with Crippen LogP contribution in [0.5, 0.6) is 5.75 Å². The lowest BCUT2D eigenvalue weighted by Crippen LogP contribution is -2.44. The second kappa shape index (κ2) is 6.80. The third-order valence-electron chi connectivity index (χ3n) is 5.67. The second-order valence-electron chi connectivity index (χ2n) is 7.51. The van der Waals surface area contributed by atoms with E-state index in [1.807, 2.05) is 19.2 Å². The van der Waals surface area contributed by atoms with Crippen LogP contribution in [0.15, 0.2) is 52.6 Å². The van der Waals surface area contributed by atoms with Crippen molar-refractivity contribution in [3.05, 3.63) is 58.2 Å². The molecule has 5 heteroatoms. The van der Waals surface area contributed by atoms with Crippen molar-refractivity contribution in [1.82, 2.24) is 14.4 Å². The number of aromatic nitrogens is 1. The molecule has 1 saturated heterocycles. The summed E-state index contributed by atoms with van der Waals surface area (Å²) in [5, 5.41) is 0. The van der Waals surface area contributed by atoms with E-state index in [4.69, 9.17) is 4.74 Å². The van der Waals surface area contributed by atoms with Gasteiger partial charge in [-0.25, -0.2) is 0 Å². The molecule has 1 aromatic heterocycles. The minimum absolute atomic E-state index is 0.0302. The first-order valence-corrected chi connectivity index (χ1v) is 9.46. The molecule has 26 heavy (non-hydrogen) atoms. The van der Waals surface area contributed by atoms with Crippen molar-refractivity contribution in [2.24, 2.45) is 5.92 Å². The maximum absolute atomic E-state index is 12.5. The fraction of sp³-hybridized carbons (Fsp3) is 0.476. The van der Waals surface area contributed by atoms with Crippen LogP contribution in [-0.4, -0.2) is 54.2 Å². The van der Waals surface area contributed by atoms with Gasteiger partial charge in [0.1, 0.15) is 5.75 Å². The Morgan fingerprint density at radius 1 is 1.19 bits per heavy atom. The standard InChI is InChI=1S/C21H27N3O2/c1-4-26-17-9-10-24(21(25)11-17)16-5-7-18-19(15-12-22(2)13-15)14-23(3)20(18)8-6-16/h5,7,9-11,14-15,20H,4,6,8,12-13H2,1-3H3. The van der Waals surface area contributed by atoms with Crippen LogP contribution in [0.4, 0.5) is 0 Å². The van der Waals surface area contributed by atoms with Crippen molar-refractivity contribution in [1.29, 1.82) is 0 Å². The molecule has 1 aromatic rings. The van der Waals surface area contributed by atoms with Gasteiger partial charge in [0.25, 0.3) is 5.56 Å². The quantitative estimate of drug-likeness (QED) is 0.834. The van der Waals surface area contributed by atoms with Crippen LogP contribution in [0, 0.1) is 5.92 Å². The zero-order chi connectivity index (χ0) is 18.3. The van der Waals surface area contributed by atoms with Gasteiger partial charge in [-0.2, -0.15) is 0 Å². The van der Waals surface area contributed by atoms with Crippen LogP contribution < -0.4 is 10.3 Å². The summed E-state index contributed by atoms with van der Waals surface area (Å²) >= 11 is 0. The largest absolute Gasteiger partial charge is 0.494 e. The first kappa shape index (κ1) is 17.2. The van der Waals surface area contributed by atoms with E-state index in [1.165, 1.54) is 11.1 Å². The summed E-state index contributed by atoms with van der Waals surface area (Å²) in [7, 11) is 4.34. The zero-order valence-corrected chi connectivity index (χ0v) is 15.8. The molecule has 0 saturated carbocycles. The molecular formula is C21H27N3O2. The van der Waals surface area contributed by atoms with Gasteiger partial charge in [-0.15, -0.1) is 0 Å². The summed E-state index contributed by atoms with van der Waals surface area (Å²) < 4.78 is 7.18. The van der Waals surface area contributed by atoms with Crippen LogP contribution in [0.2, 0.25) is 0 Å². The molecule has 0 bridgehead atoms. The van der Waals surface area contributed by atoms with Crippen molar-refractivity contribution < 1.29 is 4.74 Å². The molecule has 1 unspecified atom stereocenters. The van der Waals surface area contributed by atoms with Gasteiger partial charge in [0.2, 0.25) is 0 Å². The van der Waals surface area contributed by atoms with E-state index < -0.39 is 0 Å². The van der Waals surface area contributed by atoms with Gasteiger partial charge >= 0.3 is 0 Å². The zero-order valence-electron chi connectivity index (χ0n) is 15.8. The first-order valence-electron chi connectivity index (χ1n) is 9.46. The topological polar surface area (TPSA) is 37.7 Å². The van der Waals surface area contributed by atoms with E-state index in [9.17, 15) is 4.79 Å². The van der Waals surface area contributed by atoms with Gasteiger partial charge in [0.05, 0.1) is 12.6 Å². The molecule has 4 rings (SSSR count). The molecule has 3 aliphatic rings. The third-order valence-corrected chi connectivity index (χ3v) is 5.67. The second-order valence-corrected chi connectivity index (χ2v) is 7.51. The van der Waals surface area contributed by atoms with Gasteiger partial charge in [-0.1, -0.05) is 6.08 Å². The van der Waals surface area contributed by atoms with Gasteiger partial charge in [0, 0.05) is 50.2 Å². The summed E-state index contributed by atoms with van der Waals surface area (Å²) in [6.45, 7) is 4.76. The number of likely N-dealkylation sites (tertiary alicyclic amines) is 1. The lowest BCUT2D eigenvalue weighted by Gasteiger charge is -2.37. The Morgan fingerprint density at radius 2 is 2.00 bits per heavy atom. The molecule has 1 atom stereocenters. The fourth-order valence-electron chi connectivity index (χ4n) is 4.31. The molecule has 1 aliphatic carbocycles. The number of nitrogens with zero attached hydrogens (tertiary/aromatic N) is 3. The van der Waals surface area contributed by atoms with Crippen molar-refractivity contribution in [3.8, 4) is 5.75 Å². The Hall–Kier alpha value is -2.27. The molecule has 0 aromatic carbocycles. The summed E-state index contributed by atoms with van der Waals surface area (Å²) in [4.78, 5) is 17.2. The Labute approximate surface area is 154 Å². The predicted molar refractivity (Wildman–Crippen MR) is 104 cm³/mol. The maximum atomic E-state index is 12.5. The van der Waals surface area contributed by atoms with Crippen LogP contribution in [0.3, 0.4) is 0 Å². The molecule has 3 heterocycles. The molecule has 0 amide bonds. The number of hydrogen-bond donors (Lipinski definition) is 0. The average Bonchev–Trinajstić information content (AvgIpc) is 2.76. The van der Waals surface area contributed by atoms with Gasteiger partial charge in [-0.05, 0) is 50.1 Å². The lowest BCUT2D eigenvalue weighted by atomic mass is 9.86. The van der Waals surface area contributed by atoms with Crippen LogP contribution in [0.1, 0.15) is 19.8 Å². The fourth-order valence-corrected chi connectivity index (χ4v) is 4.31.